The Morgan fingerprint density at radius 3 is 2.34 bits per heavy atom. The monoisotopic (exact) mass is 459 g/mol. The fraction of sp³-hybridized carbons (Fsp3) is 0.476. The molecule has 0 spiro atoms. The molecule has 0 unspecified atom stereocenters. The van der Waals surface area contributed by atoms with Crippen LogP contribution in [0.15, 0.2) is 15.7 Å². The molecule has 9 nitrogen and oxygen atoms in total. The molecule has 32 heavy (non-hydrogen) atoms. The normalized spacial score (nSPS) is 16.2. The van der Waals surface area contributed by atoms with E-state index >= 15 is 0 Å². The number of rotatable bonds is 7. The van der Waals surface area contributed by atoms with Crippen LogP contribution in [0.1, 0.15) is 48.9 Å². The molecule has 168 valence electrons. The molecule has 2 aliphatic rings. The fourth-order valence-electron chi connectivity index (χ4n) is 3.79. The van der Waals surface area contributed by atoms with Crippen LogP contribution in [0.5, 0.6) is 0 Å². The van der Waals surface area contributed by atoms with E-state index in [9.17, 15) is 14.0 Å². The van der Waals surface area contributed by atoms with Gasteiger partial charge in [-0.15, -0.1) is 0 Å². The summed E-state index contributed by atoms with van der Waals surface area (Å²) in [6.07, 6.45) is 3.79. The van der Waals surface area contributed by atoms with E-state index in [0.29, 0.717) is 18.2 Å². The number of hydrogen-bond acceptors (Lipinski definition) is 7. The largest absolute Gasteiger partial charge is 0.353 e. The molecular formula is C21H23ClFN7O2. The van der Waals surface area contributed by atoms with Gasteiger partial charge in [0.25, 0.3) is 5.56 Å². The van der Waals surface area contributed by atoms with Crippen molar-refractivity contribution in [1.29, 1.82) is 0 Å². The Morgan fingerprint density at radius 1 is 1.16 bits per heavy atom. The number of pyridine rings is 1. The number of hydrogen-bond donors (Lipinski definition) is 2. The standard InChI is InChI=1S/C21H23ClFN7O2/c1-29(2)8-7-24-20-25-14(10-3-4-10)16(15(26-20)11-5-6-11)30-18-12(19(31)28-21(30)32)9-13(23)17(22)27-18/h9-11H,3-8H2,1-2H3,(H,24,25,26)(H,28,31,32). The first-order chi connectivity index (χ1) is 15.3. The van der Waals surface area contributed by atoms with Gasteiger partial charge in [0.2, 0.25) is 5.95 Å². The smallest absolute Gasteiger partial charge is 0.334 e. The lowest BCUT2D eigenvalue weighted by Crippen LogP contribution is -2.32. The van der Waals surface area contributed by atoms with Crippen molar-refractivity contribution in [3.8, 4) is 5.69 Å². The molecule has 3 aromatic heterocycles. The van der Waals surface area contributed by atoms with Gasteiger partial charge in [-0.25, -0.2) is 28.7 Å². The molecule has 2 N–H and O–H groups in total. The summed E-state index contributed by atoms with van der Waals surface area (Å²) in [5, 5.41) is 2.83. The van der Waals surface area contributed by atoms with Crippen molar-refractivity contribution in [2.45, 2.75) is 37.5 Å². The lowest BCUT2D eigenvalue weighted by molar-refractivity contribution is 0.425. The second-order valence-corrected chi connectivity index (χ2v) is 9.03. The first-order valence-corrected chi connectivity index (χ1v) is 11.0. The maximum absolute atomic E-state index is 14.1. The fourth-order valence-corrected chi connectivity index (χ4v) is 3.93. The predicted octanol–water partition coefficient (Wildman–Crippen LogP) is 2.38. The van der Waals surface area contributed by atoms with Crippen molar-refractivity contribution in [2.75, 3.05) is 32.5 Å². The van der Waals surface area contributed by atoms with Crippen molar-refractivity contribution < 1.29 is 4.39 Å². The van der Waals surface area contributed by atoms with Gasteiger partial charge in [0, 0.05) is 24.9 Å². The number of nitrogens with zero attached hydrogens (tertiary/aromatic N) is 5. The van der Waals surface area contributed by atoms with Crippen molar-refractivity contribution >= 4 is 28.6 Å². The zero-order valence-electron chi connectivity index (χ0n) is 17.8. The summed E-state index contributed by atoms with van der Waals surface area (Å²) in [5.74, 6) is 0.0731. The van der Waals surface area contributed by atoms with Crippen LogP contribution in [-0.2, 0) is 0 Å². The number of anilines is 1. The molecule has 0 atom stereocenters. The highest BCUT2D eigenvalue weighted by Crippen LogP contribution is 2.48. The summed E-state index contributed by atoms with van der Waals surface area (Å²) >= 11 is 5.93. The van der Waals surface area contributed by atoms with E-state index in [1.54, 1.807) is 0 Å². The van der Waals surface area contributed by atoms with Crippen LogP contribution in [0.3, 0.4) is 0 Å². The zero-order chi connectivity index (χ0) is 22.6. The van der Waals surface area contributed by atoms with Gasteiger partial charge in [0.05, 0.1) is 22.5 Å². The summed E-state index contributed by atoms with van der Waals surface area (Å²) in [5.41, 5.74) is 0.644. The van der Waals surface area contributed by atoms with Crippen LogP contribution < -0.4 is 16.6 Å². The lowest BCUT2D eigenvalue weighted by Gasteiger charge is -2.18. The highest BCUT2D eigenvalue weighted by Gasteiger charge is 2.37. The van der Waals surface area contributed by atoms with Gasteiger partial charge in [0.15, 0.2) is 16.6 Å². The summed E-state index contributed by atoms with van der Waals surface area (Å²) in [6.45, 7) is 1.50. The van der Waals surface area contributed by atoms with Gasteiger partial charge >= 0.3 is 5.69 Å². The van der Waals surface area contributed by atoms with Gasteiger partial charge in [-0.3, -0.25) is 9.78 Å². The van der Waals surface area contributed by atoms with E-state index in [1.807, 2.05) is 14.1 Å². The van der Waals surface area contributed by atoms with Crippen molar-refractivity contribution in [3.05, 3.63) is 49.3 Å². The second kappa shape index (κ2) is 7.93. The van der Waals surface area contributed by atoms with E-state index in [4.69, 9.17) is 21.6 Å². The number of nitrogens with one attached hydrogen (secondary N) is 2. The minimum Gasteiger partial charge on any atom is -0.353 e. The van der Waals surface area contributed by atoms with Crippen LogP contribution >= 0.6 is 11.6 Å². The third kappa shape index (κ3) is 3.88. The van der Waals surface area contributed by atoms with Crippen LogP contribution in [0, 0.1) is 5.82 Å². The van der Waals surface area contributed by atoms with E-state index in [0.717, 1.165) is 49.7 Å². The highest BCUT2D eigenvalue weighted by molar-refractivity contribution is 6.29. The summed E-state index contributed by atoms with van der Waals surface area (Å²) in [4.78, 5) is 43.3. The lowest BCUT2D eigenvalue weighted by atomic mass is 10.1. The average molecular weight is 460 g/mol. The topological polar surface area (TPSA) is 109 Å². The van der Waals surface area contributed by atoms with E-state index in [2.05, 4.69) is 20.2 Å². The maximum atomic E-state index is 14.1. The molecule has 0 aliphatic heterocycles. The summed E-state index contributed by atoms with van der Waals surface area (Å²) in [6, 6.07) is 1.01. The quantitative estimate of drug-likeness (QED) is 0.522. The van der Waals surface area contributed by atoms with Gasteiger partial charge < -0.3 is 10.2 Å². The summed E-state index contributed by atoms with van der Waals surface area (Å²) in [7, 11) is 3.98. The van der Waals surface area contributed by atoms with Crippen LogP contribution in [0.25, 0.3) is 16.7 Å². The zero-order valence-corrected chi connectivity index (χ0v) is 18.5. The Labute approximate surface area is 187 Å². The van der Waals surface area contributed by atoms with E-state index < -0.39 is 22.2 Å². The number of likely N-dealkylation sites (N-methyl/N-ethyl adjacent to an activating group) is 1. The molecule has 5 rings (SSSR count). The predicted molar refractivity (Wildman–Crippen MR) is 120 cm³/mol. The Kier molecular flexibility index (Phi) is 5.21. The van der Waals surface area contributed by atoms with Gasteiger partial charge in [-0.05, 0) is 45.8 Å². The molecule has 2 fully saturated rings. The number of aromatic nitrogens is 5. The number of H-pyrrole nitrogens is 1. The minimum atomic E-state index is -0.823. The molecule has 0 bridgehead atoms. The Hall–Kier alpha value is -2.85. The van der Waals surface area contributed by atoms with Crippen LogP contribution in [0.2, 0.25) is 5.15 Å². The van der Waals surface area contributed by atoms with Crippen LogP contribution in [-0.4, -0.2) is 56.6 Å². The molecule has 2 saturated carbocycles. The maximum Gasteiger partial charge on any atom is 0.334 e. The molecule has 0 aromatic carbocycles. The Balaban J connectivity index is 1.75. The molecule has 3 heterocycles. The van der Waals surface area contributed by atoms with Crippen molar-refractivity contribution in [3.63, 3.8) is 0 Å². The molecule has 3 aromatic rings. The third-order valence-electron chi connectivity index (χ3n) is 5.72. The molecule has 0 saturated heterocycles. The van der Waals surface area contributed by atoms with Crippen molar-refractivity contribution in [1.82, 2.24) is 29.4 Å². The minimum absolute atomic E-state index is 0.00543. The first-order valence-electron chi connectivity index (χ1n) is 10.7. The number of aromatic amines is 1. The highest BCUT2D eigenvalue weighted by atomic mass is 35.5. The Bertz CT molecular complexity index is 1300. The van der Waals surface area contributed by atoms with Crippen molar-refractivity contribution in [2.24, 2.45) is 0 Å². The average Bonchev–Trinajstić information content (AvgIpc) is 3.62. The molecule has 11 heteroatoms. The number of halogens is 2. The second-order valence-electron chi connectivity index (χ2n) is 8.67. The molecular weight excluding hydrogens is 437 g/mol. The van der Waals surface area contributed by atoms with Gasteiger partial charge in [0.1, 0.15) is 0 Å². The molecule has 0 amide bonds. The third-order valence-corrected chi connectivity index (χ3v) is 5.99. The van der Waals surface area contributed by atoms with E-state index in [-0.39, 0.29) is 22.9 Å². The number of fused-ring (bicyclic) bond motifs is 1. The first kappa shape index (κ1) is 21.0. The summed E-state index contributed by atoms with van der Waals surface area (Å²) < 4.78 is 15.4. The molecule has 2 aliphatic carbocycles. The van der Waals surface area contributed by atoms with E-state index in [1.165, 1.54) is 4.57 Å². The Morgan fingerprint density at radius 2 is 1.78 bits per heavy atom. The molecule has 0 radical (unpaired) electrons. The van der Waals surface area contributed by atoms with Gasteiger partial charge in [-0.2, -0.15) is 0 Å². The SMILES string of the molecule is CN(C)CCNc1nc(C2CC2)c(-n2c(=O)[nH]c(=O)c3cc(F)c(Cl)nc32)c(C2CC2)n1. The van der Waals surface area contributed by atoms with Crippen LogP contribution in [0.4, 0.5) is 10.3 Å². The van der Waals surface area contributed by atoms with Gasteiger partial charge in [-0.1, -0.05) is 11.6 Å².